The highest BCUT2D eigenvalue weighted by Gasteiger charge is 2.36. The maximum Gasteiger partial charge on any atom is 0.276 e. The average Bonchev–Trinajstić information content (AvgIpc) is 3.19. The molecule has 7 nitrogen and oxygen atoms in total. The predicted molar refractivity (Wildman–Crippen MR) is 107 cm³/mol. The first-order valence-electron chi connectivity index (χ1n) is 9.02. The first kappa shape index (κ1) is 21.2. The normalized spacial score (nSPS) is 19.3. The molecule has 1 aromatic heterocycles. The molecule has 1 fully saturated rings. The Bertz CT molecular complexity index is 790. The van der Waals surface area contributed by atoms with E-state index in [4.69, 9.17) is 10.5 Å². The molecule has 2 N–H and O–H groups in total. The third-order valence-electron chi connectivity index (χ3n) is 4.89. The van der Waals surface area contributed by atoms with Crippen LogP contribution in [-0.4, -0.2) is 51.5 Å². The summed E-state index contributed by atoms with van der Waals surface area (Å²) in [5.74, 6) is 0.724. The smallest absolute Gasteiger partial charge is 0.276 e. The van der Waals surface area contributed by atoms with Gasteiger partial charge in [-0.05, 0) is 63.4 Å². The Balaban J connectivity index is 0.00000261. The predicted octanol–water partition coefficient (Wildman–Crippen LogP) is 2.60. The Morgan fingerprint density at radius 3 is 2.56 bits per heavy atom. The number of likely N-dealkylation sites (tertiary alicyclic amines) is 1. The SMILES string of the molecule is Cc1c(C(=O)N2CCC(C)(CN)C2)nnn1-c1ccc(OC(C)C)cc1.Cl. The maximum atomic E-state index is 12.8. The highest BCUT2D eigenvalue weighted by Crippen LogP contribution is 2.29. The molecule has 0 bridgehead atoms. The summed E-state index contributed by atoms with van der Waals surface area (Å²) in [5.41, 5.74) is 7.81. The number of ether oxygens (including phenoxy) is 1. The van der Waals surface area contributed by atoms with E-state index in [9.17, 15) is 4.79 Å². The van der Waals surface area contributed by atoms with Gasteiger partial charge in [-0.25, -0.2) is 4.68 Å². The molecule has 0 spiro atoms. The molecule has 1 saturated heterocycles. The molecule has 0 radical (unpaired) electrons. The Kier molecular flexibility index (Phi) is 6.49. The third kappa shape index (κ3) is 4.42. The number of hydrogen-bond acceptors (Lipinski definition) is 5. The number of aromatic nitrogens is 3. The zero-order chi connectivity index (χ0) is 18.9. The van der Waals surface area contributed by atoms with Gasteiger partial charge in [-0.3, -0.25) is 4.79 Å². The minimum absolute atomic E-state index is 0. The van der Waals surface area contributed by atoms with Crippen molar-refractivity contribution in [3.8, 4) is 11.4 Å². The van der Waals surface area contributed by atoms with Crippen LogP contribution in [0.25, 0.3) is 5.69 Å². The lowest BCUT2D eigenvalue weighted by Gasteiger charge is -2.22. The molecule has 1 aliphatic rings. The standard InChI is InChI=1S/C19H27N5O2.ClH/c1-13(2)26-16-7-5-15(6-8-16)24-14(3)17(21-22-24)18(25)23-10-9-19(4,11-20)12-23;/h5-8,13H,9-12,20H2,1-4H3;1H. The number of carbonyl (C=O) groups excluding carboxylic acids is 1. The van der Waals surface area contributed by atoms with Crippen LogP contribution < -0.4 is 10.5 Å². The van der Waals surface area contributed by atoms with Crippen molar-refractivity contribution in [3.05, 3.63) is 35.7 Å². The van der Waals surface area contributed by atoms with Gasteiger partial charge in [-0.15, -0.1) is 17.5 Å². The summed E-state index contributed by atoms with van der Waals surface area (Å²) in [4.78, 5) is 14.7. The van der Waals surface area contributed by atoms with E-state index in [1.54, 1.807) is 4.68 Å². The maximum absolute atomic E-state index is 12.8. The summed E-state index contributed by atoms with van der Waals surface area (Å²) < 4.78 is 7.35. The quantitative estimate of drug-likeness (QED) is 0.843. The Morgan fingerprint density at radius 2 is 2.00 bits per heavy atom. The van der Waals surface area contributed by atoms with Crippen LogP contribution >= 0.6 is 12.4 Å². The van der Waals surface area contributed by atoms with Crippen LogP contribution in [0.5, 0.6) is 5.75 Å². The number of carbonyl (C=O) groups is 1. The van der Waals surface area contributed by atoms with E-state index in [2.05, 4.69) is 17.2 Å². The van der Waals surface area contributed by atoms with Crippen LogP contribution in [0, 0.1) is 12.3 Å². The monoisotopic (exact) mass is 393 g/mol. The molecule has 3 rings (SSSR count). The van der Waals surface area contributed by atoms with E-state index in [1.807, 2.05) is 49.9 Å². The molecule has 0 saturated carbocycles. The molecule has 1 unspecified atom stereocenters. The Hall–Kier alpha value is -2.12. The van der Waals surface area contributed by atoms with Gasteiger partial charge in [0.05, 0.1) is 17.5 Å². The van der Waals surface area contributed by atoms with Crippen LogP contribution in [0.2, 0.25) is 0 Å². The molecule has 2 heterocycles. The van der Waals surface area contributed by atoms with Gasteiger partial charge in [-0.1, -0.05) is 12.1 Å². The molecule has 1 atom stereocenters. The highest BCUT2D eigenvalue weighted by molar-refractivity contribution is 5.93. The van der Waals surface area contributed by atoms with Crippen molar-refractivity contribution in [2.24, 2.45) is 11.1 Å². The van der Waals surface area contributed by atoms with Crippen molar-refractivity contribution in [2.45, 2.75) is 40.2 Å². The first-order valence-corrected chi connectivity index (χ1v) is 9.02. The Labute approximate surface area is 166 Å². The Morgan fingerprint density at radius 1 is 1.33 bits per heavy atom. The average molecular weight is 394 g/mol. The molecule has 1 amide bonds. The number of nitrogens with two attached hydrogens (primary N) is 1. The molecular formula is C19H28ClN5O2. The fourth-order valence-electron chi connectivity index (χ4n) is 3.22. The molecule has 1 aromatic carbocycles. The molecule has 2 aromatic rings. The van der Waals surface area contributed by atoms with Crippen LogP contribution in [0.1, 0.15) is 43.4 Å². The summed E-state index contributed by atoms with van der Waals surface area (Å²) >= 11 is 0. The molecular weight excluding hydrogens is 366 g/mol. The van der Waals surface area contributed by atoms with E-state index in [1.165, 1.54) is 0 Å². The molecule has 27 heavy (non-hydrogen) atoms. The lowest BCUT2D eigenvalue weighted by atomic mass is 9.90. The summed E-state index contributed by atoms with van der Waals surface area (Å²) in [6.07, 6.45) is 1.04. The topological polar surface area (TPSA) is 86.3 Å². The van der Waals surface area contributed by atoms with Crippen molar-refractivity contribution in [1.29, 1.82) is 0 Å². The number of amides is 1. The summed E-state index contributed by atoms with van der Waals surface area (Å²) in [7, 11) is 0. The van der Waals surface area contributed by atoms with Crippen LogP contribution in [-0.2, 0) is 0 Å². The first-order chi connectivity index (χ1) is 12.3. The second-order valence-corrected chi connectivity index (χ2v) is 7.59. The van der Waals surface area contributed by atoms with E-state index in [-0.39, 0.29) is 29.8 Å². The van der Waals surface area contributed by atoms with Crippen molar-refractivity contribution in [2.75, 3.05) is 19.6 Å². The number of halogens is 1. The van der Waals surface area contributed by atoms with Gasteiger partial charge in [0, 0.05) is 13.1 Å². The zero-order valence-corrected chi connectivity index (χ0v) is 17.1. The van der Waals surface area contributed by atoms with Crippen molar-refractivity contribution in [1.82, 2.24) is 19.9 Å². The lowest BCUT2D eigenvalue weighted by Crippen LogP contribution is -2.35. The van der Waals surface area contributed by atoms with E-state index >= 15 is 0 Å². The van der Waals surface area contributed by atoms with E-state index in [0.29, 0.717) is 25.3 Å². The van der Waals surface area contributed by atoms with Crippen LogP contribution in [0.4, 0.5) is 0 Å². The van der Waals surface area contributed by atoms with Gasteiger partial charge >= 0.3 is 0 Å². The third-order valence-corrected chi connectivity index (χ3v) is 4.89. The lowest BCUT2D eigenvalue weighted by molar-refractivity contribution is 0.0770. The van der Waals surface area contributed by atoms with Gasteiger partial charge < -0.3 is 15.4 Å². The van der Waals surface area contributed by atoms with Gasteiger partial charge in [0.2, 0.25) is 0 Å². The van der Waals surface area contributed by atoms with Gasteiger partial charge in [0.25, 0.3) is 5.91 Å². The number of hydrogen-bond donors (Lipinski definition) is 1. The van der Waals surface area contributed by atoms with Crippen molar-refractivity contribution >= 4 is 18.3 Å². The molecule has 1 aliphatic heterocycles. The van der Waals surface area contributed by atoms with Crippen LogP contribution in [0.3, 0.4) is 0 Å². The molecule has 8 heteroatoms. The summed E-state index contributed by atoms with van der Waals surface area (Å²) in [5, 5.41) is 8.32. The second-order valence-electron chi connectivity index (χ2n) is 7.59. The van der Waals surface area contributed by atoms with E-state index in [0.717, 1.165) is 23.6 Å². The number of rotatable bonds is 5. The van der Waals surface area contributed by atoms with E-state index < -0.39 is 0 Å². The summed E-state index contributed by atoms with van der Waals surface area (Å²) in [6.45, 7) is 9.90. The van der Waals surface area contributed by atoms with Crippen LogP contribution in [0.15, 0.2) is 24.3 Å². The van der Waals surface area contributed by atoms with Gasteiger partial charge in [0.15, 0.2) is 5.69 Å². The van der Waals surface area contributed by atoms with Crippen molar-refractivity contribution < 1.29 is 9.53 Å². The summed E-state index contributed by atoms with van der Waals surface area (Å²) in [6, 6.07) is 7.61. The van der Waals surface area contributed by atoms with Gasteiger partial charge in [0.1, 0.15) is 5.75 Å². The largest absolute Gasteiger partial charge is 0.491 e. The minimum atomic E-state index is -0.0781. The fraction of sp³-hybridized carbons (Fsp3) is 0.526. The fourth-order valence-corrected chi connectivity index (χ4v) is 3.22. The second kappa shape index (κ2) is 8.27. The van der Waals surface area contributed by atoms with Gasteiger partial charge in [-0.2, -0.15) is 0 Å². The minimum Gasteiger partial charge on any atom is -0.491 e. The highest BCUT2D eigenvalue weighted by atomic mass is 35.5. The number of nitrogens with zero attached hydrogens (tertiary/aromatic N) is 4. The number of benzene rings is 1. The molecule has 148 valence electrons. The molecule has 0 aliphatic carbocycles. The van der Waals surface area contributed by atoms with Crippen molar-refractivity contribution in [3.63, 3.8) is 0 Å². The zero-order valence-electron chi connectivity index (χ0n) is 16.3.